The largest absolute Gasteiger partial charge is 0.337 e. The molecule has 0 N–H and O–H groups in total. The van der Waals surface area contributed by atoms with Crippen LogP contribution in [0.3, 0.4) is 0 Å². The molecule has 0 unspecified atom stereocenters. The number of aliphatic imine (C=N–C) groups is 1. The minimum Gasteiger partial charge on any atom is -0.337 e. The summed E-state index contributed by atoms with van der Waals surface area (Å²) in [6.07, 6.45) is 5.06. The molecule has 168 valence electrons. The van der Waals surface area contributed by atoms with Crippen LogP contribution in [0.4, 0.5) is 20.4 Å². The Bertz CT molecular complexity index is 1190. The van der Waals surface area contributed by atoms with Crippen LogP contribution in [0, 0.1) is 11.6 Å². The van der Waals surface area contributed by atoms with Crippen molar-refractivity contribution < 1.29 is 13.6 Å². The lowest BCUT2D eigenvalue weighted by Gasteiger charge is -2.34. The predicted octanol–water partition coefficient (Wildman–Crippen LogP) is 3.27. The average Bonchev–Trinajstić information content (AvgIpc) is 2.85. The van der Waals surface area contributed by atoms with Gasteiger partial charge in [-0.2, -0.15) is 0 Å². The van der Waals surface area contributed by atoms with Crippen molar-refractivity contribution in [2.75, 3.05) is 36.0 Å². The fraction of sp³-hybridized carbons (Fsp3) is 0.250. The molecule has 1 aromatic heterocycles. The van der Waals surface area contributed by atoms with E-state index in [2.05, 4.69) is 15.0 Å². The number of halogens is 2. The second-order valence-corrected chi connectivity index (χ2v) is 8.00. The fourth-order valence-corrected chi connectivity index (χ4v) is 4.15. The Balaban J connectivity index is 1.30. The van der Waals surface area contributed by atoms with Crippen molar-refractivity contribution in [3.05, 3.63) is 83.2 Å². The van der Waals surface area contributed by atoms with Crippen LogP contribution in [0.2, 0.25) is 0 Å². The summed E-state index contributed by atoms with van der Waals surface area (Å²) in [7, 11) is 0. The Labute approximate surface area is 190 Å². The second-order valence-electron chi connectivity index (χ2n) is 8.00. The monoisotopic (exact) mass is 448 g/mol. The van der Waals surface area contributed by atoms with Gasteiger partial charge in [-0.25, -0.2) is 18.7 Å². The van der Waals surface area contributed by atoms with Gasteiger partial charge in [-0.1, -0.05) is 6.07 Å². The standard InChI is InChI=1S/C24H22F2N6O/c25-19-3-5-22-18(13-19)14-27-16-32(22)15-17-2-4-21(26)20(12-17)23(33)30-8-10-31(11-9-30)24-28-6-1-7-29-24/h1-7,12-13,16H,8-11,14-15H2. The van der Waals surface area contributed by atoms with E-state index in [0.717, 1.165) is 16.8 Å². The van der Waals surface area contributed by atoms with Gasteiger partial charge in [0.2, 0.25) is 5.95 Å². The number of piperazine rings is 1. The highest BCUT2D eigenvalue weighted by Gasteiger charge is 2.25. The topological polar surface area (TPSA) is 64.9 Å². The van der Waals surface area contributed by atoms with E-state index in [0.29, 0.717) is 45.2 Å². The van der Waals surface area contributed by atoms with Gasteiger partial charge < -0.3 is 14.7 Å². The molecular weight excluding hydrogens is 426 g/mol. The van der Waals surface area contributed by atoms with Gasteiger partial charge in [0.05, 0.1) is 18.4 Å². The Morgan fingerprint density at radius 1 is 0.970 bits per heavy atom. The van der Waals surface area contributed by atoms with Crippen LogP contribution in [-0.2, 0) is 13.1 Å². The molecule has 0 bridgehead atoms. The van der Waals surface area contributed by atoms with Crippen LogP contribution in [0.1, 0.15) is 21.5 Å². The first-order chi connectivity index (χ1) is 16.1. The van der Waals surface area contributed by atoms with Gasteiger partial charge in [0.15, 0.2) is 0 Å². The molecule has 9 heteroatoms. The highest BCUT2D eigenvalue weighted by Crippen LogP contribution is 2.27. The van der Waals surface area contributed by atoms with Crippen molar-refractivity contribution >= 4 is 23.9 Å². The molecule has 33 heavy (non-hydrogen) atoms. The lowest BCUT2D eigenvalue weighted by Crippen LogP contribution is -2.49. The molecule has 0 atom stereocenters. The molecule has 1 saturated heterocycles. The molecule has 0 radical (unpaired) electrons. The number of rotatable bonds is 4. The molecular formula is C24H22F2N6O. The maximum Gasteiger partial charge on any atom is 0.256 e. The van der Waals surface area contributed by atoms with Gasteiger partial charge in [-0.15, -0.1) is 0 Å². The van der Waals surface area contributed by atoms with Crippen LogP contribution in [0.25, 0.3) is 0 Å². The molecule has 7 nitrogen and oxygen atoms in total. The highest BCUT2D eigenvalue weighted by atomic mass is 19.1. The van der Waals surface area contributed by atoms with Crippen LogP contribution >= 0.6 is 0 Å². The van der Waals surface area contributed by atoms with Crippen molar-refractivity contribution in [1.82, 2.24) is 14.9 Å². The normalized spacial score (nSPS) is 15.5. The Kier molecular flexibility index (Phi) is 5.68. The third-order valence-electron chi connectivity index (χ3n) is 5.85. The molecule has 0 aliphatic carbocycles. The summed E-state index contributed by atoms with van der Waals surface area (Å²) >= 11 is 0. The fourth-order valence-electron chi connectivity index (χ4n) is 4.15. The van der Waals surface area contributed by atoms with Gasteiger partial charge in [-0.05, 0) is 42.0 Å². The number of amides is 1. The smallest absolute Gasteiger partial charge is 0.256 e. The number of nitrogens with zero attached hydrogens (tertiary/aromatic N) is 6. The van der Waals surface area contributed by atoms with Gasteiger partial charge in [-0.3, -0.25) is 9.79 Å². The minimum atomic E-state index is -0.549. The maximum absolute atomic E-state index is 14.6. The molecule has 2 aliphatic heterocycles. The Morgan fingerprint density at radius 3 is 2.55 bits per heavy atom. The summed E-state index contributed by atoms with van der Waals surface area (Å²) < 4.78 is 28.2. The van der Waals surface area contributed by atoms with Crippen molar-refractivity contribution in [1.29, 1.82) is 0 Å². The SMILES string of the molecule is O=C(c1cc(CN2C=NCc3cc(F)ccc32)ccc1F)N1CCN(c2ncccn2)CC1. The number of hydrogen-bond donors (Lipinski definition) is 0. The Hall–Kier alpha value is -3.88. The Morgan fingerprint density at radius 2 is 1.76 bits per heavy atom. The molecule has 1 fully saturated rings. The highest BCUT2D eigenvalue weighted by molar-refractivity contribution is 5.95. The van der Waals surface area contributed by atoms with Gasteiger partial charge in [0, 0.05) is 56.4 Å². The van der Waals surface area contributed by atoms with Crippen LogP contribution < -0.4 is 9.80 Å². The van der Waals surface area contributed by atoms with Crippen molar-refractivity contribution in [2.45, 2.75) is 13.1 Å². The van der Waals surface area contributed by atoms with E-state index in [-0.39, 0.29) is 17.3 Å². The number of carbonyl (C=O) groups excluding carboxylic acids is 1. The third kappa shape index (κ3) is 4.39. The zero-order valence-corrected chi connectivity index (χ0v) is 17.9. The molecule has 3 heterocycles. The molecule has 3 aromatic rings. The summed E-state index contributed by atoms with van der Waals surface area (Å²) in [5.41, 5.74) is 2.45. The van der Waals surface area contributed by atoms with Crippen LogP contribution in [0.15, 0.2) is 59.9 Å². The molecule has 0 spiro atoms. The number of fused-ring (bicyclic) bond motifs is 1. The van der Waals surface area contributed by atoms with Gasteiger partial charge >= 0.3 is 0 Å². The van der Waals surface area contributed by atoms with Crippen molar-refractivity contribution in [2.24, 2.45) is 4.99 Å². The molecule has 5 rings (SSSR count). The number of anilines is 2. The molecule has 0 saturated carbocycles. The molecule has 2 aliphatic rings. The van der Waals surface area contributed by atoms with Crippen LogP contribution in [-0.4, -0.2) is 53.3 Å². The van der Waals surface area contributed by atoms with Crippen molar-refractivity contribution in [3.8, 4) is 0 Å². The number of hydrogen-bond acceptors (Lipinski definition) is 6. The maximum atomic E-state index is 14.6. The number of benzene rings is 2. The van der Waals surface area contributed by atoms with E-state index in [9.17, 15) is 13.6 Å². The predicted molar refractivity (Wildman–Crippen MR) is 121 cm³/mol. The first kappa shape index (κ1) is 21.0. The van der Waals surface area contributed by atoms with Gasteiger partial charge in [0.1, 0.15) is 11.6 Å². The van der Waals surface area contributed by atoms with Crippen molar-refractivity contribution in [3.63, 3.8) is 0 Å². The van der Waals surface area contributed by atoms with Crippen LogP contribution in [0.5, 0.6) is 0 Å². The summed E-state index contributed by atoms with van der Waals surface area (Å²) in [5.74, 6) is -0.564. The first-order valence-electron chi connectivity index (χ1n) is 10.7. The lowest BCUT2D eigenvalue weighted by atomic mass is 10.1. The summed E-state index contributed by atoms with van der Waals surface area (Å²) in [6.45, 7) is 2.87. The van der Waals surface area contributed by atoms with Gasteiger partial charge in [0.25, 0.3) is 5.91 Å². The summed E-state index contributed by atoms with van der Waals surface area (Å²) in [6, 6.07) is 10.9. The summed E-state index contributed by atoms with van der Waals surface area (Å²) in [5, 5.41) is 0. The van der Waals surface area contributed by atoms with E-state index in [1.54, 1.807) is 47.9 Å². The molecule has 2 aromatic carbocycles. The third-order valence-corrected chi connectivity index (χ3v) is 5.85. The zero-order chi connectivity index (χ0) is 22.8. The first-order valence-corrected chi connectivity index (χ1v) is 10.7. The minimum absolute atomic E-state index is 0.0465. The van der Waals surface area contributed by atoms with E-state index >= 15 is 0 Å². The average molecular weight is 448 g/mol. The lowest BCUT2D eigenvalue weighted by molar-refractivity contribution is 0.0741. The number of carbonyl (C=O) groups is 1. The summed E-state index contributed by atoms with van der Waals surface area (Å²) in [4.78, 5) is 31.4. The number of aromatic nitrogens is 2. The quantitative estimate of drug-likeness (QED) is 0.613. The van der Waals surface area contributed by atoms with E-state index in [4.69, 9.17) is 0 Å². The van der Waals surface area contributed by atoms with E-state index < -0.39 is 5.82 Å². The van der Waals surface area contributed by atoms with E-state index in [1.165, 1.54) is 18.2 Å². The molecule has 1 amide bonds. The second kappa shape index (κ2) is 8.93. The zero-order valence-electron chi connectivity index (χ0n) is 17.9. The van der Waals surface area contributed by atoms with E-state index in [1.807, 2.05) is 9.80 Å².